The first-order valence-electron chi connectivity index (χ1n) is 11.9. The summed E-state index contributed by atoms with van der Waals surface area (Å²) >= 11 is 0. The molecule has 0 spiro atoms. The first kappa shape index (κ1) is 23.5. The van der Waals surface area contributed by atoms with Crippen LogP contribution in [0.4, 0.5) is 11.4 Å². The van der Waals surface area contributed by atoms with Crippen LogP contribution in [0.25, 0.3) is 0 Å². The lowest BCUT2D eigenvalue weighted by Gasteiger charge is -2.30. The molecule has 5 rings (SSSR count). The molecule has 7 nitrogen and oxygen atoms in total. The molecule has 0 bridgehead atoms. The van der Waals surface area contributed by atoms with E-state index in [-0.39, 0.29) is 11.7 Å². The number of nitrogens with one attached hydrogen (secondary N) is 2. The Hall–Kier alpha value is -4.26. The Morgan fingerprint density at radius 3 is 2.28 bits per heavy atom. The molecular weight excluding hydrogens is 456 g/mol. The lowest BCUT2D eigenvalue weighted by atomic mass is 9.78. The second-order valence-electron chi connectivity index (χ2n) is 8.95. The smallest absolute Gasteiger partial charge is 0.308 e. The number of methoxy groups -OCH3 is 2. The molecule has 2 aliphatic rings. The average molecular weight is 485 g/mol. The molecule has 0 aromatic heterocycles. The average Bonchev–Trinajstić information content (AvgIpc) is 3.05. The molecule has 36 heavy (non-hydrogen) atoms. The normalized spacial score (nSPS) is 18.7. The maximum absolute atomic E-state index is 13.7. The van der Waals surface area contributed by atoms with Crippen molar-refractivity contribution in [3.8, 4) is 17.2 Å². The van der Waals surface area contributed by atoms with Gasteiger partial charge < -0.3 is 24.8 Å². The molecule has 7 heteroatoms. The van der Waals surface area contributed by atoms with Crippen LogP contribution in [0.1, 0.15) is 42.9 Å². The Kier molecular flexibility index (Phi) is 6.38. The van der Waals surface area contributed by atoms with Crippen LogP contribution >= 0.6 is 0 Å². The van der Waals surface area contributed by atoms with E-state index >= 15 is 0 Å². The maximum Gasteiger partial charge on any atom is 0.308 e. The molecule has 2 atom stereocenters. The summed E-state index contributed by atoms with van der Waals surface area (Å²) in [6, 6.07) is 20.8. The minimum atomic E-state index is -0.427. The van der Waals surface area contributed by atoms with E-state index in [1.54, 1.807) is 13.2 Å². The van der Waals surface area contributed by atoms with Gasteiger partial charge in [0.2, 0.25) is 0 Å². The predicted octanol–water partition coefficient (Wildman–Crippen LogP) is 5.61. The third-order valence-corrected chi connectivity index (χ3v) is 6.67. The zero-order chi connectivity index (χ0) is 25.2. The highest BCUT2D eigenvalue weighted by Crippen LogP contribution is 2.45. The monoisotopic (exact) mass is 484 g/mol. The number of ether oxygens (including phenoxy) is 3. The molecule has 0 fully saturated rings. The van der Waals surface area contributed by atoms with Crippen molar-refractivity contribution < 1.29 is 23.8 Å². The third-order valence-electron chi connectivity index (χ3n) is 6.67. The minimum absolute atomic E-state index is 0.0569. The number of carbonyl (C=O) groups excluding carboxylic acids is 2. The van der Waals surface area contributed by atoms with Gasteiger partial charge in [0.25, 0.3) is 0 Å². The van der Waals surface area contributed by atoms with Crippen molar-refractivity contribution in [2.45, 2.75) is 31.7 Å². The summed E-state index contributed by atoms with van der Waals surface area (Å²) in [5.41, 5.74) is 5.36. The maximum atomic E-state index is 13.7. The quantitative estimate of drug-likeness (QED) is 0.360. The van der Waals surface area contributed by atoms with Crippen LogP contribution in [-0.2, 0) is 9.59 Å². The van der Waals surface area contributed by atoms with Crippen molar-refractivity contribution in [2.24, 2.45) is 0 Å². The first-order valence-corrected chi connectivity index (χ1v) is 11.9. The van der Waals surface area contributed by atoms with E-state index in [0.29, 0.717) is 29.9 Å². The van der Waals surface area contributed by atoms with Crippen molar-refractivity contribution in [1.82, 2.24) is 0 Å². The van der Waals surface area contributed by atoms with Crippen molar-refractivity contribution in [2.75, 3.05) is 24.9 Å². The van der Waals surface area contributed by atoms with E-state index in [4.69, 9.17) is 14.2 Å². The zero-order valence-corrected chi connectivity index (χ0v) is 20.5. The van der Waals surface area contributed by atoms with E-state index in [0.717, 1.165) is 33.9 Å². The summed E-state index contributed by atoms with van der Waals surface area (Å²) in [6.07, 6.45) is 1.10. The highest BCUT2D eigenvalue weighted by atomic mass is 16.6. The molecule has 3 aromatic carbocycles. The van der Waals surface area contributed by atoms with Crippen molar-refractivity contribution >= 4 is 23.1 Å². The number of carbonyl (C=O) groups is 2. The molecule has 1 aliphatic carbocycles. The number of Topliss-reactive ketones (excluding diaryl/α,β-unsaturated/α-hetero) is 1. The van der Waals surface area contributed by atoms with E-state index < -0.39 is 12.0 Å². The summed E-state index contributed by atoms with van der Waals surface area (Å²) in [7, 11) is 3.17. The summed E-state index contributed by atoms with van der Waals surface area (Å²) in [5, 5.41) is 7.12. The number of hydrogen-bond acceptors (Lipinski definition) is 7. The van der Waals surface area contributed by atoms with E-state index in [1.807, 2.05) is 60.7 Å². The molecule has 1 heterocycles. The van der Waals surface area contributed by atoms with Crippen LogP contribution in [0.2, 0.25) is 0 Å². The number of fused-ring (bicyclic) bond motifs is 1. The van der Waals surface area contributed by atoms with Gasteiger partial charge in [-0.3, -0.25) is 9.59 Å². The van der Waals surface area contributed by atoms with Crippen LogP contribution in [0.15, 0.2) is 78.0 Å². The summed E-state index contributed by atoms with van der Waals surface area (Å²) in [4.78, 5) is 25.2. The topological polar surface area (TPSA) is 85.9 Å². The molecule has 0 radical (unpaired) electrons. The summed E-state index contributed by atoms with van der Waals surface area (Å²) in [5.74, 6) is 1.27. The number of ketones is 1. The summed E-state index contributed by atoms with van der Waals surface area (Å²) < 4.78 is 16.1. The van der Waals surface area contributed by atoms with Gasteiger partial charge in [0.1, 0.15) is 5.75 Å². The number of para-hydroxylation sites is 2. The second kappa shape index (κ2) is 9.77. The second-order valence-corrected chi connectivity index (χ2v) is 8.95. The largest absolute Gasteiger partial charge is 0.497 e. The lowest BCUT2D eigenvalue weighted by Crippen LogP contribution is -2.27. The number of hydrogen-bond donors (Lipinski definition) is 2. The van der Waals surface area contributed by atoms with Crippen LogP contribution < -0.4 is 24.8 Å². The van der Waals surface area contributed by atoms with Gasteiger partial charge in [-0.2, -0.15) is 0 Å². The van der Waals surface area contributed by atoms with Gasteiger partial charge >= 0.3 is 5.97 Å². The lowest BCUT2D eigenvalue weighted by molar-refractivity contribution is -0.132. The van der Waals surface area contributed by atoms with Crippen molar-refractivity contribution in [3.63, 3.8) is 0 Å². The number of anilines is 2. The fourth-order valence-electron chi connectivity index (χ4n) is 4.96. The molecule has 1 aliphatic heterocycles. The third kappa shape index (κ3) is 4.52. The van der Waals surface area contributed by atoms with E-state index in [9.17, 15) is 9.59 Å². The molecule has 0 amide bonds. The predicted molar refractivity (Wildman–Crippen MR) is 138 cm³/mol. The highest BCUT2D eigenvalue weighted by Gasteiger charge is 2.36. The fourth-order valence-corrected chi connectivity index (χ4v) is 4.96. The molecule has 0 saturated heterocycles. The molecular formula is C29H28N2O5. The van der Waals surface area contributed by atoms with Gasteiger partial charge in [0.15, 0.2) is 17.3 Å². The standard InChI is InChI=1S/C29H28N2O5/c1-17(32)36-26-13-10-19(16-27(26)35-3)29-28-24(30-22-6-4-5-7-23(22)31-29)14-20(15-25(28)33)18-8-11-21(34-2)12-9-18/h4-13,16,20,29-31H,14-15H2,1-3H3/t20-,29+/m1/s1. The van der Waals surface area contributed by atoms with Crippen molar-refractivity contribution in [1.29, 1.82) is 0 Å². The zero-order valence-electron chi connectivity index (χ0n) is 20.5. The Morgan fingerprint density at radius 1 is 0.861 bits per heavy atom. The van der Waals surface area contributed by atoms with Crippen LogP contribution in [0.5, 0.6) is 17.2 Å². The highest BCUT2D eigenvalue weighted by molar-refractivity contribution is 6.01. The molecule has 2 N–H and O–H groups in total. The van der Waals surface area contributed by atoms with Gasteiger partial charge in [0, 0.05) is 24.6 Å². The van der Waals surface area contributed by atoms with Crippen LogP contribution in [0.3, 0.4) is 0 Å². The minimum Gasteiger partial charge on any atom is -0.497 e. The Morgan fingerprint density at radius 2 is 1.58 bits per heavy atom. The Bertz CT molecular complexity index is 1350. The number of benzene rings is 3. The van der Waals surface area contributed by atoms with Gasteiger partial charge in [-0.25, -0.2) is 0 Å². The molecule has 3 aromatic rings. The van der Waals surface area contributed by atoms with Gasteiger partial charge in [-0.15, -0.1) is 0 Å². The Balaban J connectivity index is 1.57. The van der Waals surface area contributed by atoms with Gasteiger partial charge in [-0.1, -0.05) is 30.3 Å². The number of allylic oxidation sites excluding steroid dienone is 1. The van der Waals surface area contributed by atoms with Crippen molar-refractivity contribution in [3.05, 3.63) is 89.1 Å². The summed E-state index contributed by atoms with van der Waals surface area (Å²) in [6.45, 7) is 1.35. The van der Waals surface area contributed by atoms with Crippen LogP contribution in [-0.4, -0.2) is 26.0 Å². The van der Waals surface area contributed by atoms with Crippen LogP contribution in [0, 0.1) is 0 Å². The number of rotatable bonds is 5. The first-order chi connectivity index (χ1) is 17.5. The Labute approximate surface area is 210 Å². The van der Waals surface area contributed by atoms with E-state index in [1.165, 1.54) is 14.0 Å². The van der Waals surface area contributed by atoms with E-state index in [2.05, 4.69) is 10.6 Å². The molecule has 0 unspecified atom stereocenters. The SMILES string of the molecule is COc1ccc([C@H]2CC(=O)C3=C(C2)Nc2ccccc2N[C@H]3c2ccc(OC(C)=O)c(OC)c2)cc1. The molecule has 184 valence electrons. The fraction of sp³-hybridized carbons (Fsp3) is 0.241. The van der Waals surface area contributed by atoms with Gasteiger partial charge in [0.05, 0.1) is 31.6 Å². The number of esters is 1. The van der Waals surface area contributed by atoms with Gasteiger partial charge in [-0.05, 0) is 59.9 Å². The molecule has 0 saturated carbocycles.